The molecule has 0 radical (unpaired) electrons. The first-order valence-corrected chi connectivity index (χ1v) is 11.9. The van der Waals surface area contributed by atoms with Crippen molar-refractivity contribution < 1.29 is 22.3 Å². The molecule has 0 bridgehead atoms. The van der Waals surface area contributed by atoms with Crippen molar-refractivity contribution in [3.8, 4) is 11.3 Å². The lowest BCUT2D eigenvalue weighted by atomic mass is 10.0. The summed E-state index contributed by atoms with van der Waals surface area (Å²) in [4.78, 5) is 15.1. The van der Waals surface area contributed by atoms with Gasteiger partial charge in [0.05, 0.1) is 31.0 Å². The van der Waals surface area contributed by atoms with E-state index < -0.39 is 24.9 Å². The molecule has 0 aromatic carbocycles. The topological polar surface area (TPSA) is 111 Å². The Balaban J connectivity index is 1.27. The molecule has 2 saturated heterocycles. The summed E-state index contributed by atoms with van der Waals surface area (Å²) in [7, 11) is 0. The molecule has 2 atom stereocenters. The van der Waals surface area contributed by atoms with E-state index in [1.807, 2.05) is 0 Å². The van der Waals surface area contributed by atoms with E-state index >= 15 is 0 Å². The van der Waals surface area contributed by atoms with Gasteiger partial charge < -0.3 is 20.4 Å². The lowest BCUT2D eigenvalue weighted by Gasteiger charge is -2.42. The largest absolute Gasteiger partial charge is 0.406 e. The highest BCUT2D eigenvalue weighted by Gasteiger charge is 2.36. The van der Waals surface area contributed by atoms with E-state index in [1.54, 1.807) is 24.4 Å². The first-order chi connectivity index (χ1) is 17.7. The second-order valence-electron chi connectivity index (χ2n) is 9.48. The predicted octanol–water partition coefficient (Wildman–Crippen LogP) is 2.82. The Morgan fingerprint density at radius 2 is 1.97 bits per heavy atom. The van der Waals surface area contributed by atoms with Crippen LogP contribution in [-0.2, 0) is 11.3 Å². The Morgan fingerprint density at radius 1 is 1.16 bits per heavy atom. The third-order valence-electron chi connectivity index (χ3n) is 6.96. The number of rotatable bonds is 5. The van der Waals surface area contributed by atoms with E-state index in [4.69, 9.17) is 10.5 Å². The maximum Gasteiger partial charge on any atom is 0.406 e. The number of nitrogen functional groups attached to an aromatic ring is 1. The molecule has 2 fully saturated rings. The lowest BCUT2D eigenvalue weighted by molar-refractivity contribution is -0.140. The number of aryl methyl sites for hydroxylation is 1. The molecular weight excluding hydrogens is 494 g/mol. The number of imidazole rings is 1. The second-order valence-corrected chi connectivity index (χ2v) is 9.48. The Hall–Kier alpha value is -3.52. The highest BCUT2D eigenvalue weighted by Crippen LogP contribution is 2.31. The van der Waals surface area contributed by atoms with Crippen LogP contribution in [0.1, 0.15) is 12.2 Å². The van der Waals surface area contributed by atoms with E-state index in [0.29, 0.717) is 48.5 Å². The molecule has 0 unspecified atom stereocenters. The van der Waals surface area contributed by atoms with Crippen molar-refractivity contribution in [3.63, 3.8) is 0 Å². The lowest BCUT2D eigenvalue weighted by Crippen LogP contribution is -2.57. The fraction of sp³-hybridized carbons (Fsp3) is 0.478. The minimum Gasteiger partial charge on any atom is -0.382 e. The van der Waals surface area contributed by atoms with E-state index in [-0.39, 0.29) is 29.3 Å². The van der Waals surface area contributed by atoms with Crippen LogP contribution in [0.5, 0.6) is 0 Å². The number of pyridine rings is 1. The molecule has 4 aromatic rings. The van der Waals surface area contributed by atoms with Crippen LogP contribution in [0.4, 0.5) is 29.3 Å². The first-order valence-electron chi connectivity index (χ1n) is 11.9. The molecule has 0 spiro atoms. The summed E-state index contributed by atoms with van der Waals surface area (Å²) in [6.07, 6.45) is -3.27. The third kappa shape index (κ3) is 4.44. The Kier molecular flexibility index (Phi) is 5.67. The molecule has 14 heteroatoms. The minimum absolute atomic E-state index is 0.123. The van der Waals surface area contributed by atoms with Crippen molar-refractivity contribution in [1.82, 2.24) is 34.0 Å². The molecule has 6 rings (SSSR count). The molecule has 0 amide bonds. The molecule has 6 heterocycles. The van der Waals surface area contributed by atoms with Gasteiger partial charge in [-0.05, 0) is 31.5 Å². The van der Waals surface area contributed by atoms with Gasteiger partial charge in [0, 0.05) is 24.8 Å². The summed E-state index contributed by atoms with van der Waals surface area (Å²) in [6.45, 7) is 2.66. The normalized spacial score (nSPS) is 21.5. The van der Waals surface area contributed by atoms with E-state index in [0.717, 1.165) is 11.1 Å². The number of fused-ring (bicyclic) bond motifs is 2. The summed E-state index contributed by atoms with van der Waals surface area (Å²) in [5, 5.41) is 7.52. The quantitative estimate of drug-likeness (QED) is 0.388. The fourth-order valence-corrected chi connectivity index (χ4v) is 4.98. The van der Waals surface area contributed by atoms with Gasteiger partial charge in [0.25, 0.3) is 0 Å². The molecule has 37 heavy (non-hydrogen) atoms. The van der Waals surface area contributed by atoms with Crippen LogP contribution < -0.4 is 11.1 Å². The first kappa shape index (κ1) is 23.9. The van der Waals surface area contributed by atoms with Gasteiger partial charge in [-0.1, -0.05) is 0 Å². The Bertz CT molecular complexity index is 1460. The standard InChI is InChI=1S/C23H25F4N9O/c1-12-29-18-3-2-16(30-21(18)35(12)11-23(25,26)27)14-4-7-36-19(14)20(28)32-22(33-36)31-17-5-6-34(8-15(17)24)13-9-37-10-13/h2-4,7,13,15,17H,5-6,8-11H2,1H3,(H3,28,31,32,33)/t15-,17+/m1/s1. The average molecular weight is 520 g/mol. The number of alkyl halides is 4. The summed E-state index contributed by atoms with van der Waals surface area (Å²) in [5.41, 5.74) is 8.18. The number of hydrogen-bond acceptors (Lipinski definition) is 8. The summed E-state index contributed by atoms with van der Waals surface area (Å²) in [5.74, 6) is 0.552. The highest BCUT2D eigenvalue weighted by molar-refractivity contribution is 5.88. The molecule has 4 aromatic heterocycles. The van der Waals surface area contributed by atoms with Crippen LogP contribution in [-0.4, -0.2) is 84.8 Å². The predicted molar refractivity (Wildman–Crippen MR) is 128 cm³/mol. The number of ether oxygens (including phenoxy) is 1. The van der Waals surface area contributed by atoms with Crippen LogP contribution in [0.25, 0.3) is 27.9 Å². The number of nitrogens with two attached hydrogens (primary N) is 1. The second kappa shape index (κ2) is 8.80. The molecular formula is C23H25F4N9O. The van der Waals surface area contributed by atoms with Crippen molar-refractivity contribution in [2.24, 2.45) is 0 Å². The van der Waals surface area contributed by atoms with Crippen molar-refractivity contribution in [3.05, 3.63) is 30.2 Å². The number of anilines is 2. The average Bonchev–Trinajstić information content (AvgIpc) is 3.35. The summed E-state index contributed by atoms with van der Waals surface area (Å²) >= 11 is 0. The van der Waals surface area contributed by atoms with Crippen LogP contribution in [0.15, 0.2) is 24.4 Å². The van der Waals surface area contributed by atoms with Gasteiger partial charge >= 0.3 is 6.18 Å². The molecule has 0 saturated carbocycles. The number of likely N-dealkylation sites (tertiary alicyclic amines) is 1. The van der Waals surface area contributed by atoms with Crippen molar-refractivity contribution >= 4 is 28.4 Å². The van der Waals surface area contributed by atoms with Gasteiger partial charge in [-0.15, -0.1) is 5.10 Å². The van der Waals surface area contributed by atoms with Gasteiger partial charge in [0.2, 0.25) is 5.95 Å². The molecule has 196 valence electrons. The van der Waals surface area contributed by atoms with Gasteiger partial charge in [0.15, 0.2) is 11.5 Å². The van der Waals surface area contributed by atoms with Crippen LogP contribution in [0.3, 0.4) is 0 Å². The molecule has 2 aliphatic rings. The zero-order valence-electron chi connectivity index (χ0n) is 19.9. The third-order valence-corrected chi connectivity index (χ3v) is 6.96. The van der Waals surface area contributed by atoms with Crippen molar-refractivity contribution in [2.75, 3.05) is 37.4 Å². The minimum atomic E-state index is -4.42. The number of nitrogens with one attached hydrogen (secondary N) is 1. The maximum absolute atomic E-state index is 14.9. The van der Waals surface area contributed by atoms with Crippen LogP contribution in [0.2, 0.25) is 0 Å². The summed E-state index contributed by atoms with van der Waals surface area (Å²) in [6, 6.07) is 4.84. The number of nitrogens with zero attached hydrogens (tertiary/aromatic N) is 7. The Morgan fingerprint density at radius 3 is 2.68 bits per heavy atom. The highest BCUT2D eigenvalue weighted by atomic mass is 19.4. The number of hydrogen-bond donors (Lipinski definition) is 2. The van der Waals surface area contributed by atoms with Crippen LogP contribution >= 0.6 is 0 Å². The van der Waals surface area contributed by atoms with Gasteiger partial charge in [-0.25, -0.2) is 18.9 Å². The Labute approximate surface area is 208 Å². The zero-order chi connectivity index (χ0) is 25.9. The maximum atomic E-state index is 14.9. The SMILES string of the molecule is Cc1nc2ccc(-c3ccn4nc(N[C@H]5CCN(C6COC6)C[C@H]5F)nc(N)c34)nc2n1CC(F)(F)F. The van der Waals surface area contributed by atoms with Gasteiger partial charge in [-0.2, -0.15) is 18.2 Å². The van der Waals surface area contributed by atoms with Crippen molar-refractivity contribution in [2.45, 2.75) is 44.3 Å². The van der Waals surface area contributed by atoms with Gasteiger partial charge in [-0.3, -0.25) is 4.90 Å². The zero-order valence-corrected chi connectivity index (χ0v) is 19.9. The number of piperidine rings is 1. The van der Waals surface area contributed by atoms with Gasteiger partial charge in [0.1, 0.15) is 29.6 Å². The monoisotopic (exact) mass is 519 g/mol. The fourth-order valence-electron chi connectivity index (χ4n) is 4.98. The summed E-state index contributed by atoms with van der Waals surface area (Å²) < 4.78 is 62.0. The number of halogens is 4. The molecule has 10 nitrogen and oxygen atoms in total. The van der Waals surface area contributed by atoms with E-state index in [9.17, 15) is 17.6 Å². The molecule has 2 aliphatic heterocycles. The van der Waals surface area contributed by atoms with Crippen LogP contribution in [0, 0.1) is 6.92 Å². The smallest absolute Gasteiger partial charge is 0.382 e. The van der Waals surface area contributed by atoms with E-state index in [2.05, 4.69) is 30.3 Å². The molecule has 0 aliphatic carbocycles. The van der Waals surface area contributed by atoms with E-state index in [1.165, 1.54) is 11.4 Å². The molecule has 3 N–H and O–H groups in total. The van der Waals surface area contributed by atoms with Crippen molar-refractivity contribution in [1.29, 1.82) is 0 Å². The number of aromatic nitrogens is 6.